The largest absolute Gasteiger partial charge is 0.354 e. The lowest BCUT2D eigenvalue weighted by atomic mass is 9.95. The molecule has 1 aromatic rings. The lowest BCUT2D eigenvalue weighted by Gasteiger charge is -2.37. The highest BCUT2D eigenvalue weighted by Gasteiger charge is 2.29. The van der Waals surface area contributed by atoms with Crippen LogP contribution < -0.4 is 11.1 Å². The average molecular weight is 329 g/mol. The molecule has 3 rings (SSSR count). The van der Waals surface area contributed by atoms with Crippen LogP contribution >= 0.6 is 0 Å². The molecule has 2 fully saturated rings. The zero-order valence-electron chi connectivity index (χ0n) is 14.8. The van der Waals surface area contributed by atoms with Crippen molar-refractivity contribution in [2.45, 2.75) is 51.1 Å². The van der Waals surface area contributed by atoms with Crippen molar-refractivity contribution >= 4 is 5.91 Å². The topological polar surface area (TPSA) is 58.4 Å². The van der Waals surface area contributed by atoms with Crippen LogP contribution in [0.1, 0.15) is 50.6 Å². The van der Waals surface area contributed by atoms with E-state index < -0.39 is 0 Å². The third-order valence-corrected chi connectivity index (χ3v) is 5.76. The van der Waals surface area contributed by atoms with Gasteiger partial charge >= 0.3 is 0 Å². The van der Waals surface area contributed by atoms with Gasteiger partial charge in [-0.1, -0.05) is 37.3 Å². The molecule has 1 aliphatic heterocycles. The Kier molecular flexibility index (Phi) is 5.90. The van der Waals surface area contributed by atoms with E-state index in [1.807, 2.05) is 0 Å². The molecule has 1 heterocycles. The Hall–Kier alpha value is -1.39. The molecule has 4 nitrogen and oxygen atoms in total. The van der Waals surface area contributed by atoms with Gasteiger partial charge in [0.1, 0.15) is 0 Å². The summed E-state index contributed by atoms with van der Waals surface area (Å²) in [6, 6.07) is 11.1. The highest BCUT2D eigenvalue weighted by Crippen LogP contribution is 2.27. The molecular weight excluding hydrogens is 298 g/mol. The average Bonchev–Trinajstić information content (AvgIpc) is 3.04. The standard InChI is InChI=1S/C20H31N3O/c1-15-9-11-23(12-10-15)19(16-5-3-2-4-6-16)14-22-20(24)17-7-8-18(21)13-17/h2-6,15,17-19H,7-14,21H2,1H3,(H,22,24). The molecule has 24 heavy (non-hydrogen) atoms. The summed E-state index contributed by atoms with van der Waals surface area (Å²) in [4.78, 5) is 15.0. The summed E-state index contributed by atoms with van der Waals surface area (Å²) < 4.78 is 0. The minimum Gasteiger partial charge on any atom is -0.354 e. The lowest BCUT2D eigenvalue weighted by molar-refractivity contribution is -0.125. The number of likely N-dealkylation sites (tertiary alicyclic amines) is 1. The van der Waals surface area contributed by atoms with Gasteiger partial charge in [0.25, 0.3) is 0 Å². The number of nitrogens with two attached hydrogens (primary N) is 1. The van der Waals surface area contributed by atoms with Crippen molar-refractivity contribution in [2.75, 3.05) is 19.6 Å². The van der Waals surface area contributed by atoms with Crippen LogP contribution in [0.15, 0.2) is 30.3 Å². The zero-order valence-corrected chi connectivity index (χ0v) is 14.8. The van der Waals surface area contributed by atoms with Gasteiger partial charge in [-0.15, -0.1) is 0 Å². The molecule has 3 atom stereocenters. The fourth-order valence-electron chi connectivity index (χ4n) is 4.07. The first-order valence-corrected chi connectivity index (χ1v) is 9.45. The Balaban J connectivity index is 1.63. The molecule has 3 N–H and O–H groups in total. The van der Waals surface area contributed by atoms with Crippen molar-refractivity contribution in [1.82, 2.24) is 10.2 Å². The Bertz CT molecular complexity index is 525. The van der Waals surface area contributed by atoms with Crippen LogP contribution in [0.5, 0.6) is 0 Å². The Labute approximate surface area is 145 Å². The molecule has 1 aliphatic carbocycles. The van der Waals surface area contributed by atoms with E-state index >= 15 is 0 Å². The molecule has 0 spiro atoms. The smallest absolute Gasteiger partial charge is 0.223 e. The van der Waals surface area contributed by atoms with Gasteiger partial charge in [-0.2, -0.15) is 0 Å². The van der Waals surface area contributed by atoms with Gasteiger partial charge < -0.3 is 11.1 Å². The number of nitrogens with zero attached hydrogens (tertiary/aromatic N) is 1. The maximum Gasteiger partial charge on any atom is 0.223 e. The van der Waals surface area contributed by atoms with Crippen molar-refractivity contribution in [1.29, 1.82) is 0 Å². The van der Waals surface area contributed by atoms with E-state index in [0.717, 1.165) is 38.3 Å². The number of benzene rings is 1. The maximum atomic E-state index is 12.5. The molecule has 1 amide bonds. The maximum absolute atomic E-state index is 12.5. The van der Waals surface area contributed by atoms with Crippen LogP contribution in [0.3, 0.4) is 0 Å². The van der Waals surface area contributed by atoms with Crippen LogP contribution in [0.25, 0.3) is 0 Å². The molecule has 2 aliphatic rings. The number of nitrogens with one attached hydrogen (secondary N) is 1. The first-order chi connectivity index (χ1) is 11.6. The summed E-state index contributed by atoms with van der Waals surface area (Å²) in [7, 11) is 0. The zero-order chi connectivity index (χ0) is 16.9. The molecule has 0 radical (unpaired) electrons. The molecule has 1 saturated carbocycles. The predicted octanol–water partition coefficient (Wildman–Crippen LogP) is 2.70. The predicted molar refractivity (Wildman–Crippen MR) is 97.5 cm³/mol. The van der Waals surface area contributed by atoms with E-state index in [9.17, 15) is 4.79 Å². The summed E-state index contributed by atoms with van der Waals surface area (Å²) in [5.41, 5.74) is 7.25. The monoisotopic (exact) mass is 329 g/mol. The number of hydrogen-bond acceptors (Lipinski definition) is 3. The number of carbonyl (C=O) groups is 1. The molecule has 1 saturated heterocycles. The van der Waals surface area contributed by atoms with Crippen molar-refractivity contribution in [3.05, 3.63) is 35.9 Å². The summed E-state index contributed by atoms with van der Waals surface area (Å²) in [6.45, 7) is 5.26. The lowest BCUT2D eigenvalue weighted by Crippen LogP contribution is -2.43. The number of rotatable bonds is 5. The fourth-order valence-corrected chi connectivity index (χ4v) is 4.07. The molecule has 0 bridgehead atoms. The summed E-state index contributed by atoms with van der Waals surface area (Å²) in [6.07, 6.45) is 5.24. The van der Waals surface area contributed by atoms with Gasteiger partial charge in [0.2, 0.25) is 5.91 Å². The Morgan fingerprint density at radius 2 is 1.92 bits per heavy atom. The fraction of sp³-hybridized carbons (Fsp3) is 0.650. The summed E-state index contributed by atoms with van der Waals surface area (Å²) in [5, 5.41) is 3.22. The number of piperidine rings is 1. The van der Waals surface area contributed by atoms with E-state index in [2.05, 4.69) is 47.5 Å². The summed E-state index contributed by atoms with van der Waals surface area (Å²) >= 11 is 0. The second kappa shape index (κ2) is 8.13. The van der Waals surface area contributed by atoms with Gasteiger partial charge in [0.05, 0.1) is 6.04 Å². The van der Waals surface area contributed by atoms with E-state index in [1.165, 1.54) is 18.4 Å². The molecular formula is C20H31N3O. The molecule has 3 unspecified atom stereocenters. The highest BCUT2D eigenvalue weighted by atomic mass is 16.1. The van der Waals surface area contributed by atoms with E-state index in [0.29, 0.717) is 6.54 Å². The van der Waals surface area contributed by atoms with Crippen molar-refractivity contribution < 1.29 is 4.79 Å². The minimum atomic E-state index is 0.109. The minimum absolute atomic E-state index is 0.109. The molecule has 132 valence electrons. The molecule has 1 aromatic carbocycles. The molecule has 0 aromatic heterocycles. The molecule has 4 heteroatoms. The van der Waals surface area contributed by atoms with Crippen LogP contribution in [0, 0.1) is 11.8 Å². The van der Waals surface area contributed by atoms with Gasteiger partial charge in [0.15, 0.2) is 0 Å². The van der Waals surface area contributed by atoms with Gasteiger partial charge in [-0.3, -0.25) is 9.69 Å². The van der Waals surface area contributed by atoms with Crippen molar-refractivity contribution in [3.8, 4) is 0 Å². The normalized spacial score (nSPS) is 27.1. The first-order valence-electron chi connectivity index (χ1n) is 9.45. The highest BCUT2D eigenvalue weighted by molar-refractivity contribution is 5.79. The van der Waals surface area contributed by atoms with Crippen LogP contribution in [0.4, 0.5) is 0 Å². The van der Waals surface area contributed by atoms with Crippen molar-refractivity contribution in [2.24, 2.45) is 17.6 Å². The Morgan fingerprint density at radius 3 is 2.54 bits per heavy atom. The quantitative estimate of drug-likeness (QED) is 0.873. The third kappa shape index (κ3) is 4.37. The van der Waals surface area contributed by atoms with Crippen LogP contribution in [0.2, 0.25) is 0 Å². The second-order valence-corrected chi connectivity index (χ2v) is 7.66. The van der Waals surface area contributed by atoms with Gasteiger partial charge in [-0.05, 0) is 56.7 Å². The van der Waals surface area contributed by atoms with Crippen molar-refractivity contribution in [3.63, 3.8) is 0 Å². The van der Waals surface area contributed by atoms with E-state index in [4.69, 9.17) is 5.73 Å². The van der Waals surface area contributed by atoms with Crippen LogP contribution in [-0.2, 0) is 4.79 Å². The van der Waals surface area contributed by atoms with Gasteiger partial charge in [0, 0.05) is 18.5 Å². The number of carbonyl (C=O) groups excluding carboxylic acids is 1. The second-order valence-electron chi connectivity index (χ2n) is 7.66. The first kappa shape index (κ1) is 17.4. The Morgan fingerprint density at radius 1 is 1.21 bits per heavy atom. The van der Waals surface area contributed by atoms with E-state index in [1.54, 1.807) is 0 Å². The SMILES string of the molecule is CC1CCN(C(CNC(=O)C2CCC(N)C2)c2ccccc2)CC1. The van der Waals surface area contributed by atoms with E-state index in [-0.39, 0.29) is 23.9 Å². The third-order valence-electron chi connectivity index (χ3n) is 5.76. The van der Waals surface area contributed by atoms with Crippen LogP contribution in [-0.4, -0.2) is 36.5 Å². The summed E-state index contributed by atoms with van der Waals surface area (Å²) in [5.74, 6) is 1.11. The van der Waals surface area contributed by atoms with Gasteiger partial charge in [-0.25, -0.2) is 0 Å². The number of amides is 1. The number of hydrogen-bond donors (Lipinski definition) is 2.